The van der Waals surface area contributed by atoms with Crippen LogP contribution < -0.4 is 0 Å². The van der Waals surface area contributed by atoms with Crippen molar-refractivity contribution < 1.29 is 4.39 Å². The Morgan fingerprint density at radius 1 is 0.647 bits per heavy atom. The Balaban J connectivity index is 3.18. The smallest absolute Gasteiger partial charge is 0.108 e. The van der Waals surface area contributed by atoms with E-state index in [1.165, 1.54) is 51.4 Å². The number of hydrogen-bond acceptors (Lipinski definition) is 0. The second-order valence-electron chi connectivity index (χ2n) is 5.74. The topological polar surface area (TPSA) is 0 Å². The maximum Gasteiger partial charge on any atom is 0.108 e. The minimum absolute atomic E-state index is 0.726. The Morgan fingerprint density at radius 3 is 1.59 bits per heavy atom. The molecule has 1 unspecified atom stereocenters. The third-order valence-electron chi connectivity index (χ3n) is 3.57. The highest BCUT2D eigenvalue weighted by molar-refractivity contribution is 4.72. The molecule has 0 aliphatic heterocycles. The summed E-state index contributed by atoms with van der Waals surface area (Å²) in [6.45, 7) is 6.08. The maximum absolute atomic E-state index is 13.8. The fourth-order valence-corrected chi connectivity index (χ4v) is 2.45. The van der Waals surface area contributed by atoms with Crippen molar-refractivity contribution >= 4 is 0 Å². The van der Waals surface area contributed by atoms with Gasteiger partial charge < -0.3 is 0 Å². The Morgan fingerprint density at radius 2 is 1.12 bits per heavy atom. The summed E-state index contributed by atoms with van der Waals surface area (Å²) in [6, 6.07) is 0. The summed E-state index contributed by atoms with van der Waals surface area (Å²) >= 11 is 0. The van der Waals surface area contributed by atoms with E-state index >= 15 is 0 Å². The summed E-state index contributed by atoms with van der Waals surface area (Å²) < 4.78 is 13.8. The first-order chi connectivity index (χ1) is 8.12. The molecule has 0 aromatic carbocycles. The van der Waals surface area contributed by atoms with Gasteiger partial charge in [0.2, 0.25) is 0 Å². The molecule has 0 saturated heterocycles. The third-order valence-corrected chi connectivity index (χ3v) is 3.57. The molecule has 0 amide bonds. The fourth-order valence-electron chi connectivity index (χ4n) is 2.45. The van der Waals surface area contributed by atoms with Crippen molar-refractivity contribution in [3.05, 3.63) is 0 Å². The Hall–Kier alpha value is -0.0700. The Bertz CT molecular complexity index is 152. The molecule has 0 bridgehead atoms. The second kappa shape index (κ2) is 11.0. The Labute approximate surface area is 108 Å². The van der Waals surface area contributed by atoms with Crippen LogP contribution in [0.1, 0.15) is 97.8 Å². The van der Waals surface area contributed by atoms with E-state index < -0.39 is 5.67 Å². The normalized spacial score (nSPS) is 14.8. The molecule has 0 heterocycles. The average Bonchev–Trinajstić information content (AvgIpc) is 2.27. The van der Waals surface area contributed by atoms with Gasteiger partial charge in [-0.15, -0.1) is 0 Å². The molecule has 0 aromatic heterocycles. The molecular formula is C16H33F. The summed E-state index contributed by atoms with van der Waals surface area (Å²) in [4.78, 5) is 0. The minimum Gasteiger partial charge on any atom is -0.244 e. The minimum atomic E-state index is -0.907. The predicted octanol–water partition coefficient (Wildman–Crippen LogP) is 6.44. The van der Waals surface area contributed by atoms with Crippen molar-refractivity contribution in [2.75, 3.05) is 0 Å². The first kappa shape index (κ1) is 16.9. The molecule has 0 spiro atoms. The van der Waals surface area contributed by atoms with E-state index in [2.05, 4.69) is 13.8 Å². The molecule has 0 N–H and O–H groups in total. The molecule has 0 rings (SSSR count). The van der Waals surface area contributed by atoms with Crippen LogP contribution in [0, 0.1) is 0 Å². The van der Waals surface area contributed by atoms with Gasteiger partial charge in [0.1, 0.15) is 5.67 Å². The lowest BCUT2D eigenvalue weighted by Crippen LogP contribution is -2.16. The van der Waals surface area contributed by atoms with Crippen molar-refractivity contribution in [3.63, 3.8) is 0 Å². The zero-order valence-corrected chi connectivity index (χ0v) is 12.4. The lowest BCUT2D eigenvalue weighted by atomic mass is 9.95. The first-order valence-electron chi connectivity index (χ1n) is 7.81. The molecular weight excluding hydrogens is 211 g/mol. The van der Waals surface area contributed by atoms with Gasteiger partial charge in [-0.3, -0.25) is 0 Å². The van der Waals surface area contributed by atoms with Gasteiger partial charge in [0.05, 0.1) is 0 Å². The molecule has 0 nitrogen and oxygen atoms in total. The van der Waals surface area contributed by atoms with Crippen molar-refractivity contribution in [2.45, 2.75) is 103 Å². The van der Waals surface area contributed by atoms with Gasteiger partial charge in [-0.1, -0.05) is 78.1 Å². The lowest BCUT2D eigenvalue weighted by Gasteiger charge is -2.19. The van der Waals surface area contributed by atoms with Crippen LogP contribution in [-0.2, 0) is 0 Å². The summed E-state index contributed by atoms with van der Waals surface area (Å²) in [5.41, 5.74) is -0.907. The van der Waals surface area contributed by atoms with E-state index in [1.807, 2.05) is 0 Å². The van der Waals surface area contributed by atoms with Gasteiger partial charge in [-0.05, 0) is 19.8 Å². The second-order valence-corrected chi connectivity index (χ2v) is 5.74. The van der Waals surface area contributed by atoms with Crippen LogP contribution >= 0.6 is 0 Å². The van der Waals surface area contributed by atoms with Crippen molar-refractivity contribution in [3.8, 4) is 0 Å². The highest BCUT2D eigenvalue weighted by atomic mass is 19.1. The van der Waals surface area contributed by atoms with Gasteiger partial charge in [0, 0.05) is 0 Å². The number of unbranched alkanes of at least 4 members (excludes halogenated alkanes) is 8. The molecule has 104 valence electrons. The quantitative estimate of drug-likeness (QED) is 0.347. The zero-order valence-electron chi connectivity index (χ0n) is 12.4. The first-order valence-corrected chi connectivity index (χ1v) is 7.81. The average molecular weight is 244 g/mol. The number of rotatable bonds is 12. The van der Waals surface area contributed by atoms with E-state index in [0.717, 1.165) is 25.7 Å². The van der Waals surface area contributed by atoms with Crippen LogP contribution in [0.4, 0.5) is 4.39 Å². The number of alkyl halides is 1. The lowest BCUT2D eigenvalue weighted by molar-refractivity contribution is 0.155. The van der Waals surface area contributed by atoms with Gasteiger partial charge in [0.15, 0.2) is 0 Å². The van der Waals surface area contributed by atoms with Crippen molar-refractivity contribution in [1.29, 1.82) is 0 Å². The van der Waals surface area contributed by atoms with Crippen LogP contribution in [0.15, 0.2) is 0 Å². The van der Waals surface area contributed by atoms with Crippen LogP contribution in [0.3, 0.4) is 0 Å². The van der Waals surface area contributed by atoms with Crippen LogP contribution in [0.25, 0.3) is 0 Å². The highest BCUT2D eigenvalue weighted by Crippen LogP contribution is 2.25. The van der Waals surface area contributed by atoms with E-state index in [4.69, 9.17) is 0 Å². The largest absolute Gasteiger partial charge is 0.244 e. The predicted molar refractivity (Wildman–Crippen MR) is 76.3 cm³/mol. The zero-order chi connectivity index (χ0) is 13.0. The van der Waals surface area contributed by atoms with Crippen LogP contribution in [0.2, 0.25) is 0 Å². The number of halogens is 1. The van der Waals surface area contributed by atoms with E-state index in [1.54, 1.807) is 6.92 Å². The van der Waals surface area contributed by atoms with E-state index in [9.17, 15) is 4.39 Å². The van der Waals surface area contributed by atoms with E-state index in [0.29, 0.717) is 0 Å². The molecule has 1 atom stereocenters. The van der Waals surface area contributed by atoms with Crippen molar-refractivity contribution in [2.24, 2.45) is 0 Å². The summed E-state index contributed by atoms with van der Waals surface area (Å²) in [5.74, 6) is 0. The van der Waals surface area contributed by atoms with E-state index in [-0.39, 0.29) is 0 Å². The van der Waals surface area contributed by atoms with Crippen LogP contribution in [0.5, 0.6) is 0 Å². The molecule has 0 aromatic rings. The fraction of sp³-hybridized carbons (Fsp3) is 1.00. The Kier molecular flexibility index (Phi) is 11.0. The standard InChI is InChI=1S/C16H33F/c1-4-6-7-8-9-10-11-12-13-15-16(3,17)14-5-2/h4-15H2,1-3H3. The molecule has 0 radical (unpaired) electrons. The van der Waals surface area contributed by atoms with Crippen LogP contribution in [-0.4, -0.2) is 5.67 Å². The summed E-state index contributed by atoms with van der Waals surface area (Å²) in [6.07, 6.45) is 14.3. The summed E-state index contributed by atoms with van der Waals surface area (Å²) in [7, 11) is 0. The molecule has 1 heteroatoms. The highest BCUT2D eigenvalue weighted by Gasteiger charge is 2.20. The van der Waals surface area contributed by atoms with Gasteiger partial charge in [-0.2, -0.15) is 0 Å². The maximum atomic E-state index is 13.8. The summed E-state index contributed by atoms with van der Waals surface area (Å²) in [5, 5.41) is 0. The van der Waals surface area contributed by atoms with Gasteiger partial charge in [0.25, 0.3) is 0 Å². The van der Waals surface area contributed by atoms with Gasteiger partial charge >= 0.3 is 0 Å². The molecule has 17 heavy (non-hydrogen) atoms. The molecule has 0 fully saturated rings. The third kappa shape index (κ3) is 12.2. The molecule has 0 aliphatic rings. The monoisotopic (exact) mass is 244 g/mol. The SMILES string of the molecule is CCCCCCCCCCCC(C)(F)CCC. The molecule has 0 saturated carbocycles. The molecule has 0 aliphatic carbocycles. The van der Waals surface area contributed by atoms with Gasteiger partial charge in [-0.25, -0.2) is 4.39 Å². The van der Waals surface area contributed by atoms with Crippen molar-refractivity contribution in [1.82, 2.24) is 0 Å². The number of hydrogen-bond donors (Lipinski definition) is 0.